The first-order chi connectivity index (χ1) is 32.9. The van der Waals surface area contributed by atoms with Gasteiger partial charge in [0.2, 0.25) is 0 Å². The summed E-state index contributed by atoms with van der Waals surface area (Å²) in [5, 5.41) is 0. The molecule has 0 radical (unpaired) electrons. The third-order valence-corrected chi connectivity index (χ3v) is 15.1. The Hall–Kier alpha value is -8.26. The molecule has 0 saturated carbocycles. The Morgan fingerprint density at radius 2 is 0.746 bits per heavy atom. The number of hydrogen-bond donors (Lipinski definition) is 0. The highest BCUT2D eigenvalue weighted by Gasteiger charge is 2.52. The van der Waals surface area contributed by atoms with E-state index >= 15 is 0 Å². The molecule has 13 rings (SSSR count). The van der Waals surface area contributed by atoms with Gasteiger partial charge in [0.05, 0.1) is 5.41 Å². The fourth-order valence-electron chi connectivity index (χ4n) is 11.9. The average molecular weight is 854 g/mol. The third-order valence-electron chi connectivity index (χ3n) is 15.1. The zero-order valence-corrected chi connectivity index (χ0v) is 37.7. The fraction of sp³-hybridized carbons (Fsp3) is 0.0606. The highest BCUT2D eigenvalue weighted by Crippen LogP contribution is 2.64. The van der Waals surface area contributed by atoms with E-state index in [1.807, 2.05) is 6.08 Å². The van der Waals surface area contributed by atoms with Crippen molar-refractivity contribution in [2.24, 2.45) is 0 Å². The summed E-state index contributed by atoms with van der Waals surface area (Å²) in [5.41, 5.74) is 27.0. The summed E-state index contributed by atoms with van der Waals surface area (Å²) in [6.45, 7) is 8.77. The van der Waals surface area contributed by atoms with Gasteiger partial charge in [-0.05, 0) is 160 Å². The van der Waals surface area contributed by atoms with Gasteiger partial charge in [-0.25, -0.2) is 0 Å². The number of anilines is 3. The summed E-state index contributed by atoms with van der Waals surface area (Å²) in [5.74, 6) is 0. The Morgan fingerprint density at radius 1 is 0.313 bits per heavy atom. The van der Waals surface area contributed by atoms with Crippen molar-refractivity contribution in [2.45, 2.75) is 24.7 Å². The van der Waals surface area contributed by atoms with Crippen LogP contribution in [0.3, 0.4) is 0 Å². The molecule has 10 aromatic carbocycles. The number of fused-ring (bicyclic) bond motifs is 13. The fourth-order valence-corrected chi connectivity index (χ4v) is 11.9. The molecule has 0 amide bonds. The van der Waals surface area contributed by atoms with E-state index in [0.29, 0.717) is 0 Å². The second-order valence-corrected chi connectivity index (χ2v) is 18.9. The summed E-state index contributed by atoms with van der Waals surface area (Å²) in [6.07, 6.45) is 1.93. The predicted octanol–water partition coefficient (Wildman–Crippen LogP) is 17.5. The lowest BCUT2D eigenvalue weighted by molar-refractivity contribution is 0.660. The largest absolute Gasteiger partial charge is 0.310 e. The topological polar surface area (TPSA) is 3.24 Å². The Labute approximate surface area is 393 Å². The van der Waals surface area contributed by atoms with Crippen molar-refractivity contribution in [3.8, 4) is 66.8 Å². The molecule has 1 spiro atoms. The Bertz CT molecular complexity index is 3600. The van der Waals surface area contributed by atoms with Crippen molar-refractivity contribution in [1.29, 1.82) is 0 Å². The number of hydrogen-bond acceptors (Lipinski definition) is 1. The lowest BCUT2D eigenvalue weighted by Gasteiger charge is -2.32. The molecule has 67 heavy (non-hydrogen) atoms. The van der Waals surface area contributed by atoms with E-state index in [1.165, 1.54) is 100 Å². The maximum absolute atomic E-state index is 4.08. The lowest BCUT2D eigenvalue weighted by atomic mass is 9.70. The number of nitrogens with zero attached hydrogens (tertiary/aromatic N) is 1. The van der Waals surface area contributed by atoms with Crippen molar-refractivity contribution in [1.82, 2.24) is 0 Å². The summed E-state index contributed by atoms with van der Waals surface area (Å²) in [7, 11) is 0. The maximum atomic E-state index is 4.08. The first-order valence-corrected chi connectivity index (χ1v) is 23.4. The van der Waals surface area contributed by atoms with Crippen LogP contribution in [0.1, 0.15) is 52.8 Å². The quantitative estimate of drug-likeness (QED) is 0.154. The predicted molar refractivity (Wildman–Crippen MR) is 281 cm³/mol. The number of benzene rings is 10. The zero-order chi connectivity index (χ0) is 44.9. The van der Waals surface area contributed by atoms with Crippen LogP contribution in [0.25, 0.3) is 72.8 Å². The molecule has 3 aliphatic carbocycles. The molecule has 10 aromatic rings. The van der Waals surface area contributed by atoms with Crippen LogP contribution < -0.4 is 4.90 Å². The molecule has 3 aliphatic rings. The maximum Gasteiger partial charge on any atom is 0.0726 e. The van der Waals surface area contributed by atoms with Crippen molar-refractivity contribution >= 4 is 23.1 Å². The average Bonchev–Trinajstić information content (AvgIpc) is 3.94. The number of rotatable bonds is 7. The monoisotopic (exact) mass is 853 g/mol. The van der Waals surface area contributed by atoms with Gasteiger partial charge in [0.15, 0.2) is 0 Å². The molecular formula is C66H47N. The van der Waals surface area contributed by atoms with Crippen LogP contribution >= 0.6 is 0 Å². The molecule has 0 aromatic heterocycles. The van der Waals surface area contributed by atoms with Crippen molar-refractivity contribution < 1.29 is 0 Å². The van der Waals surface area contributed by atoms with E-state index in [9.17, 15) is 0 Å². The molecule has 0 N–H and O–H groups in total. The minimum absolute atomic E-state index is 0.0248. The Morgan fingerprint density at radius 3 is 1.40 bits per heavy atom. The van der Waals surface area contributed by atoms with E-state index in [2.05, 4.69) is 256 Å². The van der Waals surface area contributed by atoms with Crippen LogP contribution in [-0.4, -0.2) is 0 Å². The zero-order valence-electron chi connectivity index (χ0n) is 37.7. The van der Waals surface area contributed by atoms with Gasteiger partial charge in [-0.1, -0.05) is 202 Å². The second-order valence-electron chi connectivity index (χ2n) is 18.9. The van der Waals surface area contributed by atoms with Gasteiger partial charge in [0.25, 0.3) is 0 Å². The molecular weight excluding hydrogens is 807 g/mol. The van der Waals surface area contributed by atoms with Gasteiger partial charge in [-0.3, -0.25) is 0 Å². The van der Waals surface area contributed by atoms with Gasteiger partial charge in [0, 0.05) is 22.5 Å². The SMILES string of the molecule is C=Cc1cccc(-c2ccc3c(c2)C2(c4ccccc4-3)c3ccccc3-c3ccc(N(c4ccc(-c5ccccc5)cc4)c4ccc(-c5ccc6c(c5)-c5ccccc5C6(C)C)cc4)cc32)c1. The van der Waals surface area contributed by atoms with Crippen LogP contribution in [0.2, 0.25) is 0 Å². The Balaban J connectivity index is 0.986. The molecule has 0 heterocycles. The van der Waals surface area contributed by atoms with Crippen LogP contribution in [0, 0.1) is 0 Å². The van der Waals surface area contributed by atoms with E-state index in [1.54, 1.807) is 0 Å². The molecule has 1 atom stereocenters. The molecule has 316 valence electrons. The second kappa shape index (κ2) is 14.9. The lowest BCUT2D eigenvalue weighted by Crippen LogP contribution is -2.26. The van der Waals surface area contributed by atoms with E-state index < -0.39 is 5.41 Å². The minimum Gasteiger partial charge on any atom is -0.310 e. The summed E-state index contributed by atoms with van der Waals surface area (Å²) in [6, 6.07) is 86.0. The highest BCUT2D eigenvalue weighted by molar-refractivity contribution is 5.97. The normalized spacial score (nSPS) is 15.3. The molecule has 0 fully saturated rings. The van der Waals surface area contributed by atoms with Crippen LogP contribution in [0.15, 0.2) is 237 Å². The van der Waals surface area contributed by atoms with E-state index in [4.69, 9.17) is 0 Å². The standard InChI is InChI=1S/C66H47N/c1-4-43-15-14-18-47(39-43)49-29-36-56-53-19-9-12-23-61(53)66(63(56)41-49)62-24-13-10-20-54(62)57-37-35-52(42-64(57)66)67(50-31-25-45(26-32-50)44-16-6-5-7-17-44)51-33-27-46(28-34-51)48-30-38-60-58(40-48)55-21-8-11-22-59(55)65(60,2)3/h4-42H,1H2,2-3H3. The summed E-state index contributed by atoms with van der Waals surface area (Å²) >= 11 is 0. The first-order valence-electron chi connectivity index (χ1n) is 23.4. The van der Waals surface area contributed by atoms with Gasteiger partial charge in [0.1, 0.15) is 0 Å². The molecule has 1 heteroatoms. The van der Waals surface area contributed by atoms with Crippen molar-refractivity contribution in [2.75, 3.05) is 4.90 Å². The first kappa shape index (κ1) is 39.1. The molecule has 0 saturated heterocycles. The molecule has 1 nitrogen and oxygen atoms in total. The Kier molecular flexibility index (Phi) is 8.70. The van der Waals surface area contributed by atoms with E-state index in [-0.39, 0.29) is 5.41 Å². The van der Waals surface area contributed by atoms with Gasteiger partial charge < -0.3 is 4.90 Å². The summed E-state index contributed by atoms with van der Waals surface area (Å²) in [4.78, 5) is 2.44. The molecule has 0 bridgehead atoms. The highest BCUT2D eigenvalue weighted by atomic mass is 15.1. The van der Waals surface area contributed by atoms with Crippen LogP contribution in [0.4, 0.5) is 17.1 Å². The van der Waals surface area contributed by atoms with Crippen molar-refractivity contribution in [3.05, 3.63) is 276 Å². The minimum atomic E-state index is -0.520. The van der Waals surface area contributed by atoms with Crippen LogP contribution in [-0.2, 0) is 10.8 Å². The summed E-state index contributed by atoms with van der Waals surface area (Å²) < 4.78 is 0. The molecule has 1 unspecified atom stereocenters. The van der Waals surface area contributed by atoms with Gasteiger partial charge in [-0.15, -0.1) is 0 Å². The van der Waals surface area contributed by atoms with Crippen LogP contribution in [0.5, 0.6) is 0 Å². The van der Waals surface area contributed by atoms with Gasteiger partial charge in [-0.2, -0.15) is 0 Å². The van der Waals surface area contributed by atoms with Gasteiger partial charge >= 0.3 is 0 Å². The van der Waals surface area contributed by atoms with E-state index in [0.717, 1.165) is 22.6 Å². The third kappa shape index (κ3) is 5.81. The van der Waals surface area contributed by atoms with Crippen molar-refractivity contribution in [3.63, 3.8) is 0 Å². The molecule has 0 aliphatic heterocycles. The smallest absolute Gasteiger partial charge is 0.0726 e.